The second kappa shape index (κ2) is 9.93. The average Bonchev–Trinajstić information content (AvgIpc) is 3.28. The molecule has 7 heteroatoms. The molecule has 2 amide bonds. The van der Waals surface area contributed by atoms with Gasteiger partial charge in [0.2, 0.25) is 5.91 Å². The third-order valence-electron chi connectivity index (χ3n) is 5.42. The number of nitrogens with two attached hydrogens (primary N) is 1. The zero-order chi connectivity index (χ0) is 22.4. The first-order valence-corrected chi connectivity index (χ1v) is 10.3. The smallest absolute Gasteiger partial charge is 0.254 e. The molecule has 0 aliphatic heterocycles. The van der Waals surface area contributed by atoms with E-state index in [-0.39, 0.29) is 17.6 Å². The summed E-state index contributed by atoms with van der Waals surface area (Å²) < 4.78 is 5.27. The number of ether oxygens (including phenoxy) is 1. The Bertz CT molecular complexity index is 998. The minimum atomic E-state index is -0.469. The predicted octanol–water partition coefficient (Wildman–Crippen LogP) is 2.98. The molecule has 7 nitrogen and oxygen atoms in total. The maximum atomic E-state index is 13.3. The Morgan fingerprint density at radius 1 is 1.23 bits per heavy atom. The van der Waals surface area contributed by atoms with E-state index in [1.807, 2.05) is 49.4 Å². The lowest BCUT2D eigenvalue weighted by Gasteiger charge is -2.24. The van der Waals surface area contributed by atoms with Crippen molar-refractivity contribution >= 4 is 23.3 Å². The average molecular weight is 421 g/mol. The minimum absolute atomic E-state index is 0.00588. The fraction of sp³-hybridized carbons (Fsp3) is 0.292. The van der Waals surface area contributed by atoms with E-state index in [9.17, 15) is 9.59 Å². The lowest BCUT2D eigenvalue weighted by molar-refractivity contribution is -0.126. The van der Waals surface area contributed by atoms with Crippen LogP contribution in [0.3, 0.4) is 0 Å². The van der Waals surface area contributed by atoms with Crippen LogP contribution in [0, 0.1) is 11.3 Å². The van der Waals surface area contributed by atoms with E-state index in [0.29, 0.717) is 42.8 Å². The molecule has 3 rings (SSSR count). The first-order chi connectivity index (χ1) is 14.9. The predicted molar refractivity (Wildman–Crippen MR) is 121 cm³/mol. The van der Waals surface area contributed by atoms with Crippen LogP contribution >= 0.6 is 0 Å². The number of allylic oxidation sites excluding steroid dienone is 1. The summed E-state index contributed by atoms with van der Waals surface area (Å²) in [4.78, 5) is 27.8. The van der Waals surface area contributed by atoms with Crippen LogP contribution in [-0.4, -0.2) is 31.3 Å². The number of anilines is 1. The van der Waals surface area contributed by atoms with E-state index in [4.69, 9.17) is 15.9 Å². The Labute approximate surface area is 182 Å². The summed E-state index contributed by atoms with van der Waals surface area (Å²) in [5.41, 5.74) is 8.29. The molecule has 1 aliphatic rings. The van der Waals surface area contributed by atoms with Crippen molar-refractivity contribution in [2.75, 3.05) is 18.6 Å². The zero-order valence-corrected chi connectivity index (χ0v) is 17.9. The van der Waals surface area contributed by atoms with Gasteiger partial charge in [-0.25, -0.2) is 0 Å². The van der Waals surface area contributed by atoms with Crippen molar-refractivity contribution in [1.82, 2.24) is 5.32 Å². The monoisotopic (exact) mass is 420 g/mol. The molecule has 0 spiro atoms. The van der Waals surface area contributed by atoms with Crippen LogP contribution in [-0.2, 0) is 16.1 Å². The van der Waals surface area contributed by atoms with Crippen LogP contribution in [0.4, 0.5) is 5.69 Å². The normalized spacial score (nSPS) is 15.2. The number of nitrogens with zero attached hydrogens (tertiary/aromatic N) is 1. The molecule has 0 unspecified atom stereocenters. The van der Waals surface area contributed by atoms with E-state index in [2.05, 4.69) is 5.32 Å². The van der Waals surface area contributed by atoms with Gasteiger partial charge >= 0.3 is 0 Å². The zero-order valence-electron chi connectivity index (χ0n) is 17.9. The second-order valence-corrected chi connectivity index (χ2v) is 7.37. The third-order valence-corrected chi connectivity index (χ3v) is 5.42. The van der Waals surface area contributed by atoms with Crippen LogP contribution in [0.1, 0.15) is 30.9 Å². The first kappa shape index (κ1) is 22.1. The minimum Gasteiger partial charge on any atom is -0.497 e. The molecule has 0 radical (unpaired) electrons. The quantitative estimate of drug-likeness (QED) is 0.451. The SMILES string of the molecule is CCN(C(=O)C1=CCC[C@H]1C(=O)NCc1ccc(C(=N)N)cc1)c1cccc(OC)c1. The Morgan fingerprint density at radius 3 is 2.61 bits per heavy atom. The van der Waals surface area contributed by atoms with Gasteiger partial charge in [-0.05, 0) is 37.5 Å². The highest BCUT2D eigenvalue weighted by Gasteiger charge is 2.33. The summed E-state index contributed by atoms with van der Waals surface area (Å²) in [6.07, 6.45) is 3.19. The molecule has 1 atom stereocenters. The largest absolute Gasteiger partial charge is 0.497 e. The Balaban J connectivity index is 1.68. The molecule has 0 heterocycles. The van der Waals surface area contributed by atoms with Crippen LogP contribution < -0.4 is 20.7 Å². The summed E-state index contributed by atoms with van der Waals surface area (Å²) >= 11 is 0. The van der Waals surface area contributed by atoms with Crippen molar-refractivity contribution in [3.63, 3.8) is 0 Å². The Hall–Kier alpha value is -3.61. The van der Waals surface area contributed by atoms with Crippen molar-refractivity contribution in [2.24, 2.45) is 11.7 Å². The fourth-order valence-corrected chi connectivity index (χ4v) is 3.70. The Kier molecular flexibility index (Phi) is 7.07. The highest BCUT2D eigenvalue weighted by molar-refractivity contribution is 6.09. The van der Waals surface area contributed by atoms with Gasteiger partial charge in [0.1, 0.15) is 11.6 Å². The van der Waals surface area contributed by atoms with Crippen LogP contribution in [0.15, 0.2) is 60.2 Å². The lowest BCUT2D eigenvalue weighted by Crippen LogP contribution is -2.38. The number of nitrogen functional groups attached to an aromatic ring is 1. The topological polar surface area (TPSA) is 109 Å². The van der Waals surface area contributed by atoms with Crippen LogP contribution in [0.5, 0.6) is 5.75 Å². The molecule has 0 saturated heterocycles. The third kappa shape index (κ3) is 5.12. The summed E-state index contributed by atoms with van der Waals surface area (Å²) in [5, 5.41) is 10.4. The number of nitrogens with one attached hydrogen (secondary N) is 2. The number of hydrogen-bond acceptors (Lipinski definition) is 4. The van der Waals surface area contributed by atoms with Gasteiger partial charge in [0.05, 0.1) is 13.0 Å². The van der Waals surface area contributed by atoms with E-state index in [0.717, 1.165) is 11.3 Å². The number of carbonyl (C=O) groups is 2. The molecule has 31 heavy (non-hydrogen) atoms. The molecule has 4 N–H and O–H groups in total. The standard InChI is InChI=1S/C24H28N4O3/c1-3-28(18-6-4-7-19(14-18)31-2)24(30)21-9-5-8-20(21)23(29)27-15-16-10-12-17(13-11-16)22(25)26/h4,6-7,9-14,20H,3,5,8,15H2,1-2H3,(H3,25,26)(H,27,29)/t20-/m1/s1. The molecule has 0 bridgehead atoms. The molecular formula is C24H28N4O3. The highest BCUT2D eigenvalue weighted by Crippen LogP contribution is 2.30. The highest BCUT2D eigenvalue weighted by atomic mass is 16.5. The summed E-state index contributed by atoms with van der Waals surface area (Å²) in [6, 6.07) is 14.5. The fourth-order valence-electron chi connectivity index (χ4n) is 3.70. The van der Waals surface area contributed by atoms with E-state index in [1.54, 1.807) is 24.1 Å². The second-order valence-electron chi connectivity index (χ2n) is 7.37. The maximum absolute atomic E-state index is 13.3. The van der Waals surface area contributed by atoms with E-state index >= 15 is 0 Å². The number of amides is 2. The molecule has 2 aromatic rings. The lowest BCUT2D eigenvalue weighted by atomic mass is 9.98. The van der Waals surface area contributed by atoms with Gasteiger partial charge in [0.15, 0.2) is 0 Å². The molecule has 0 saturated carbocycles. The van der Waals surface area contributed by atoms with Crippen molar-refractivity contribution in [1.29, 1.82) is 5.41 Å². The van der Waals surface area contributed by atoms with Gasteiger partial charge in [0, 0.05) is 36.0 Å². The van der Waals surface area contributed by atoms with Gasteiger partial charge in [-0.15, -0.1) is 0 Å². The van der Waals surface area contributed by atoms with Gasteiger partial charge in [-0.1, -0.05) is 36.4 Å². The van der Waals surface area contributed by atoms with Crippen LogP contribution in [0.2, 0.25) is 0 Å². The number of rotatable bonds is 8. The van der Waals surface area contributed by atoms with E-state index < -0.39 is 5.92 Å². The number of amidine groups is 1. The van der Waals surface area contributed by atoms with Crippen LogP contribution in [0.25, 0.3) is 0 Å². The first-order valence-electron chi connectivity index (χ1n) is 10.3. The molecule has 0 aromatic heterocycles. The summed E-state index contributed by atoms with van der Waals surface area (Å²) in [6.45, 7) is 2.75. The van der Waals surface area contributed by atoms with Gasteiger partial charge in [0.25, 0.3) is 5.91 Å². The van der Waals surface area contributed by atoms with E-state index in [1.165, 1.54) is 0 Å². The number of likely N-dealkylation sites (N-methyl/N-ethyl adjacent to an activating group) is 1. The molecular weight excluding hydrogens is 392 g/mol. The van der Waals surface area contributed by atoms with Gasteiger partial charge < -0.3 is 20.7 Å². The summed E-state index contributed by atoms with van der Waals surface area (Å²) in [5.74, 6) is -0.0992. The van der Waals surface area contributed by atoms with Crippen molar-refractivity contribution in [3.8, 4) is 5.75 Å². The molecule has 0 fully saturated rings. The number of benzene rings is 2. The molecule has 2 aromatic carbocycles. The molecule has 162 valence electrons. The summed E-state index contributed by atoms with van der Waals surface area (Å²) in [7, 11) is 1.59. The van der Waals surface area contributed by atoms with Crippen molar-refractivity contribution in [2.45, 2.75) is 26.3 Å². The number of carbonyl (C=O) groups excluding carboxylic acids is 2. The van der Waals surface area contributed by atoms with Crippen molar-refractivity contribution in [3.05, 3.63) is 71.3 Å². The van der Waals surface area contributed by atoms with Gasteiger partial charge in [-0.2, -0.15) is 0 Å². The Morgan fingerprint density at radius 2 is 1.97 bits per heavy atom. The maximum Gasteiger partial charge on any atom is 0.254 e. The van der Waals surface area contributed by atoms with Crippen molar-refractivity contribution < 1.29 is 14.3 Å². The number of methoxy groups -OCH3 is 1. The number of hydrogen-bond donors (Lipinski definition) is 3. The van der Waals surface area contributed by atoms with Gasteiger partial charge in [-0.3, -0.25) is 15.0 Å². The molecule has 1 aliphatic carbocycles.